The maximum Gasteiger partial charge on any atom is 0.231 e. The van der Waals surface area contributed by atoms with Gasteiger partial charge in [0, 0.05) is 5.56 Å². The van der Waals surface area contributed by atoms with Crippen LogP contribution in [0, 0.1) is 0 Å². The molecule has 0 saturated heterocycles. The van der Waals surface area contributed by atoms with Crippen molar-refractivity contribution in [2.45, 2.75) is 0 Å². The number of hydrogen-bond acceptors (Lipinski definition) is 4. The van der Waals surface area contributed by atoms with Crippen LogP contribution >= 0.6 is 0 Å². The molecule has 0 unspecified atom stereocenters. The van der Waals surface area contributed by atoms with Crippen LogP contribution in [0.15, 0.2) is 36.4 Å². The van der Waals surface area contributed by atoms with Crippen LogP contribution in [0.5, 0.6) is 17.2 Å². The lowest BCUT2D eigenvalue weighted by atomic mass is 9.99. The molecule has 18 heavy (non-hydrogen) atoms. The zero-order valence-electron chi connectivity index (χ0n) is 9.42. The van der Waals surface area contributed by atoms with Gasteiger partial charge in [0.15, 0.2) is 17.8 Å². The van der Waals surface area contributed by atoms with Crippen molar-refractivity contribution < 1.29 is 19.4 Å². The molecule has 1 aliphatic heterocycles. The fourth-order valence-electron chi connectivity index (χ4n) is 1.95. The first-order valence-electron chi connectivity index (χ1n) is 5.46. The van der Waals surface area contributed by atoms with E-state index in [2.05, 4.69) is 0 Å². The molecule has 4 nitrogen and oxygen atoms in total. The van der Waals surface area contributed by atoms with Gasteiger partial charge in [0.25, 0.3) is 0 Å². The molecular weight excluding hydrogens is 232 g/mol. The Balaban J connectivity index is 2.16. The summed E-state index contributed by atoms with van der Waals surface area (Å²) >= 11 is 0. The smallest absolute Gasteiger partial charge is 0.231 e. The molecule has 1 N–H and O–H groups in total. The number of rotatable bonds is 2. The Hall–Kier alpha value is -2.49. The zero-order valence-corrected chi connectivity index (χ0v) is 9.42. The molecule has 3 rings (SSSR count). The molecule has 0 amide bonds. The van der Waals surface area contributed by atoms with E-state index in [1.165, 1.54) is 0 Å². The van der Waals surface area contributed by atoms with Crippen molar-refractivity contribution in [2.24, 2.45) is 0 Å². The zero-order chi connectivity index (χ0) is 12.5. The van der Waals surface area contributed by atoms with Crippen LogP contribution in [0.3, 0.4) is 0 Å². The molecule has 0 bridgehead atoms. The normalized spacial score (nSPS) is 12.4. The number of hydrogen-bond donors (Lipinski definition) is 1. The molecule has 0 radical (unpaired) electrons. The summed E-state index contributed by atoms with van der Waals surface area (Å²) in [6, 6.07) is 10.1. The maximum atomic E-state index is 11.1. The average Bonchev–Trinajstić information content (AvgIpc) is 2.85. The first kappa shape index (κ1) is 10.7. The number of phenols is 1. The standard InChI is InChI=1S/C14H10O4/c15-7-10-5-13-14(18-8-17-13)6-12(10)9-1-3-11(16)4-2-9/h1-7,16H,8H2. The molecule has 90 valence electrons. The number of aldehydes is 1. The van der Waals surface area contributed by atoms with Gasteiger partial charge >= 0.3 is 0 Å². The second kappa shape index (κ2) is 4.07. The van der Waals surface area contributed by atoms with Crippen molar-refractivity contribution in [1.82, 2.24) is 0 Å². The lowest BCUT2D eigenvalue weighted by molar-refractivity contribution is 0.112. The van der Waals surface area contributed by atoms with E-state index in [4.69, 9.17) is 9.47 Å². The molecule has 0 aliphatic carbocycles. The van der Waals surface area contributed by atoms with Crippen LogP contribution in [-0.4, -0.2) is 18.2 Å². The first-order valence-corrected chi connectivity index (χ1v) is 5.46. The highest BCUT2D eigenvalue weighted by Crippen LogP contribution is 2.38. The molecule has 1 heterocycles. The Kier molecular flexibility index (Phi) is 2.41. The second-order valence-electron chi connectivity index (χ2n) is 3.96. The summed E-state index contributed by atoms with van der Waals surface area (Å²) in [5.74, 6) is 1.40. The van der Waals surface area contributed by atoms with E-state index in [1.54, 1.807) is 36.4 Å². The number of benzene rings is 2. The minimum atomic E-state index is 0.173. The lowest BCUT2D eigenvalue weighted by Crippen LogP contribution is -1.92. The maximum absolute atomic E-state index is 11.1. The fourth-order valence-corrected chi connectivity index (χ4v) is 1.95. The minimum Gasteiger partial charge on any atom is -0.508 e. The number of phenolic OH excluding ortho intramolecular Hbond substituents is 1. The second-order valence-corrected chi connectivity index (χ2v) is 3.96. The topological polar surface area (TPSA) is 55.8 Å². The van der Waals surface area contributed by atoms with Crippen LogP contribution in [0.25, 0.3) is 11.1 Å². The number of carbonyl (C=O) groups is 1. The van der Waals surface area contributed by atoms with E-state index < -0.39 is 0 Å². The summed E-state index contributed by atoms with van der Waals surface area (Å²) in [5, 5.41) is 9.27. The summed E-state index contributed by atoms with van der Waals surface area (Å²) in [7, 11) is 0. The Morgan fingerprint density at radius 3 is 2.39 bits per heavy atom. The van der Waals surface area contributed by atoms with Crippen LogP contribution in [-0.2, 0) is 0 Å². The Morgan fingerprint density at radius 1 is 1.06 bits per heavy atom. The van der Waals surface area contributed by atoms with E-state index >= 15 is 0 Å². The molecule has 4 heteroatoms. The third-order valence-electron chi connectivity index (χ3n) is 2.85. The van der Waals surface area contributed by atoms with Crippen molar-refractivity contribution in [3.63, 3.8) is 0 Å². The van der Waals surface area contributed by atoms with E-state index in [0.29, 0.717) is 17.1 Å². The van der Waals surface area contributed by atoms with Crippen molar-refractivity contribution in [3.05, 3.63) is 42.0 Å². The Bertz CT molecular complexity index is 602. The minimum absolute atomic E-state index is 0.173. The molecule has 2 aromatic carbocycles. The monoisotopic (exact) mass is 242 g/mol. The van der Waals surface area contributed by atoms with Gasteiger partial charge in [-0.15, -0.1) is 0 Å². The number of carbonyl (C=O) groups excluding carboxylic acids is 1. The molecular formula is C14H10O4. The van der Waals surface area contributed by atoms with E-state index in [-0.39, 0.29) is 12.5 Å². The Morgan fingerprint density at radius 2 is 1.72 bits per heavy atom. The summed E-state index contributed by atoms with van der Waals surface area (Å²) in [6.07, 6.45) is 0.782. The molecule has 2 aromatic rings. The van der Waals surface area contributed by atoms with Gasteiger partial charge < -0.3 is 14.6 Å². The average molecular weight is 242 g/mol. The molecule has 1 aliphatic rings. The molecule has 0 saturated carbocycles. The molecule has 0 spiro atoms. The molecule has 0 fully saturated rings. The number of fused-ring (bicyclic) bond motifs is 1. The van der Waals surface area contributed by atoms with E-state index in [9.17, 15) is 9.90 Å². The van der Waals surface area contributed by atoms with Gasteiger partial charge in [0.1, 0.15) is 5.75 Å². The lowest BCUT2D eigenvalue weighted by Gasteiger charge is -2.07. The van der Waals surface area contributed by atoms with Crippen LogP contribution < -0.4 is 9.47 Å². The van der Waals surface area contributed by atoms with Gasteiger partial charge in [0.05, 0.1) is 0 Å². The van der Waals surface area contributed by atoms with Gasteiger partial charge in [-0.05, 0) is 35.4 Å². The summed E-state index contributed by atoms with van der Waals surface area (Å²) in [5.41, 5.74) is 2.13. The largest absolute Gasteiger partial charge is 0.508 e. The summed E-state index contributed by atoms with van der Waals surface area (Å²) in [6.45, 7) is 0.173. The molecule has 0 aromatic heterocycles. The van der Waals surface area contributed by atoms with Crippen LogP contribution in [0.1, 0.15) is 10.4 Å². The van der Waals surface area contributed by atoms with E-state index in [1.807, 2.05) is 0 Å². The fraction of sp³-hybridized carbons (Fsp3) is 0.0714. The number of aromatic hydroxyl groups is 1. The third kappa shape index (κ3) is 1.68. The van der Waals surface area contributed by atoms with Gasteiger partial charge in [-0.25, -0.2) is 0 Å². The third-order valence-corrected chi connectivity index (χ3v) is 2.85. The van der Waals surface area contributed by atoms with Crippen LogP contribution in [0.2, 0.25) is 0 Å². The highest BCUT2D eigenvalue weighted by atomic mass is 16.7. The first-order chi connectivity index (χ1) is 8.78. The SMILES string of the molecule is O=Cc1cc2c(cc1-c1ccc(O)cc1)OCO2. The van der Waals surface area contributed by atoms with Gasteiger partial charge in [-0.3, -0.25) is 4.79 Å². The predicted molar refractivity (Wildman–Crippen MR) is 65.1 cm³/mol. The number of ether oxygens (including phenoxy) is 2. The van der Waals surface area contributed by atoms with Gasteiger partial charge in [-0.1, -0.05) is 12.1 Å². The quantitative estimate of drug-likeness (QED) is 0.822. The molecule has 0 atom stereocenters. The van der Waals surface area contributed by atoms with Crippen molar-refractivity contribution in [2.75, 3.05) is 6.79 Å². The van der Waals surface area contributed by atoms with E-state index in [0.717, 1.165) is 17.4 Å². The van der Waals surface area contributed by atoms with Crippen molar-refractivity contribution in [3.8, 4) is 28.4 Å². The summed E-state index contributed by atoms with van der Waals surface area (Å²) < 4.78 is 10.5. The summed E-state index contributed by atoms with van der Waals surface area (Å²) in [4.78, 5) is 11.1. The van der Waals surface area contributed by atoms with Crippen molar-refractivity contribution in [1.29, 1.82) is 0 Å². The van der Waals surface area contributed by atoms with Crippen molar-refractivity contribution >= 4 is 6.29 Å². The highest BCUT2D eigenvalue weighted by Gasteiger charge is 2.17. The van der Waals surface area contributed by atoms with Crippen LogP contribution in [0.4, 0.5) is 0 Å². The van der Waals surface area contributed by atoms with Gasteiger partial charge in [0.2, 0.25) is 6.79 Å². The van der Waals surface area contributed by atoms with Gasteiger partial charge in [-0.2, -0.15) is 0 Å². The predicted octanol–water partition coefficient (Wildman–Crippen LogP) is 2.60. The Labute approximate surface area is 103 Å². The highest BCUT2D eigenvalue weighted by molar-refractivity contribution is 5.89.